The van der Waals surface area contributed by atoms with Crippen molar-refractivity contribution in [2.75, 3.05) is 0 Å². The quantitative estimate of drug-likeness (QED) is 0.283. The van der Waals surface area contributed by atoms with E-state index in [0.717, 1.165) is 12.8 Å². The molecule has 0 saturated carbocycles. The predicted molar refractivity (Wildman–Crippen MR) is 153 cm³/mol. The molecule has 0 unspecified atom stereocenters. The monoisotopic (exact) mass is 882 g/mol. The number of hydrogen-bond donors (Lipinski definition) is 0. The second-order valence-electron chi connectivity index (χ2n) is 9.57. The molecular weight excluding hydrogens is 836 g/mol. The summed E-state index contributed by atoms with van der Waals surface area (Å²) in [7, 11) is 0. The fourth-order valence-electron chi connectivity index (χ4n) is 3.91. The Kier molecular flexibility index (Phi) is 28.2. The van der Waals surface area contributed by atoms with Gasteiger partial charge in [0.15, 0.2) is 0 Å². The number of fused-ring (bicyclic) bond motifs is 2. The maximum Gasteiger partial charge on any atom is -0.0512 e. The minimum atomic E-state index is 0. The van der Waals surface area contributed by atoms with Crippen LogP contribution in [0, 0.1) is 12.2 Å². The topological polar surface area (TPSA) is 0 Å². The van der Waals surface area contributed by atoms with Gasteiger partial charge in [0.1, 0.15) is 0 Å². The van der Waals surface area contributed by atoms with Crippen molar-refractivity contribution in [2.45, 2.75) is 91.9 Å². The molecule has 0 N–H and O–H groups in total. The molecule has 0 fully saturated rings. The third kappa shape index (κ3) is 22.5. The molecule has 204 valence electrons. The van der Waals surface area contributed by atoms with Crippen LogP contribution in [0.15, 0.2) is 72.9 Å². The first-order valence-electron chi connectivity index (χ1n) is 13.3. The number of allylic oxidation sites excluding steroid dienone is 8. The Labute approximate surface area is 275 Å². The molecule has 0 radical (unpaired) electrons. The van der Waals surface area contributed by atoms with E-state index in [1.807, 2.05) is 24.3 Å². The van der Waals surface area contributed by atoms with E-state index in [2.05, 4.69) is 88.4 Å². The zero-order chi connectivity index (χ0) is 26.4. The van der Waals surface area contributed by atoms with Crippen molar-refractivity contribution in [3.8, 4) is 0 Å². The molecule has 0 atom stereocenters. The maximum absolute atomic E-state index is 2.99. The molecule has 4 aliphatic carbocycles. The van der Waals surface area contributed by atoms with Crippen LogP contribution in [0.3, 0.4) is 0 Å². The standard InChI is InChI=1S/2C9H11.2C5H5.2C3H6.2ClH.2Hf/c2*1-2-5-9-7-3-6-8(9)4-1;2*1-2-4-5-3-1;2*1-3-2;;;;/h2*3,6-7H,1-2,4-5H2;2*1-3H,4H2;2*1-2H3;2*1H;;/q4*-1;;;;;2*+2/p-2. The van der Waals surface area contributed by atoms with Gasteiger partial charge in [0.25, 0.3) is 0 Å². The SMILES string of the molecule is C[C](C)=[Hf+2].C[C](C)=[Hf+2].[C-]1=CC=CC1.[C-]1=CC=CC1.[Cl-].[Cl-].c1cc2c([cH-]1)CCCC2.c1cc2c([cH-]1)CCCC2. The number of aryl methyl sites for hydroxylation is 4. The smallest absolute Gasteiger partial charge is 0.0512 e. The fraction of sp³-hybridized carbons (Fsp3) is 0.412. The first kappa shape index (κ1) is 39.9. The summed E-state index contributed by atoms with van der Waals surface area (Å²) in [5.41, 5.74) is 6.39. The van der Waals surface area contributed by atoms with Crippen LogP contribution in [0.4, 0.5) is 0 Å². The second kappa shape index (κ2) is 26.9. The van der Waals surface area contributed by atoms with E-state index in [1.54, 1.807) is 28.8 Å². The molecule has 0 aliphatic heterocycles. The van der Waals surface area contributed by atoms with Gasteiger partial charge in [0, 0.05) is 0 Å². The molecule has 2 aromatic rings. The second-order valence-corrected chi connectivity index (χ2v) is 16.8. The number of rotatable bonds is 0. The van der Waals surface area contributed by atoms with Gasteiger partial charge in [-0.15, -0.1) is 12.8 Å². The third-order valence-electron chi connectivity index (χ3n) is 5.47. The van der Waals surface area contributed by atoms with Gasteiger partial charge >= 0.3 is 82.0 Å². The molecule has 6 rings (SSSR count). The Balaban J connectivity index is 0. The van der Waals surface area contributed by atoms with E-state index in [4.69, 9.17) is 0 Å². The van der Waals surface area contributed by atoms with Crippen molar-refractivity contribution in [1.29, 1.82) is 0 Å². The van der Waals surface area contributed by atoms with Crippen molar-refractivity contribution >= 4 is 6.51 Å². The summed E-state index contributed by atoms with van der Waals surface area (Å²) in [5.74, 6) is 0. The van der Waals surface area contributed by atoms with Gasteiger partial charge in [-0.3, -0.25) is 12.2 Å². The van der Waals surface area contributed by atoms with Gasteiger partial charge < -0.3 is 24.8 Å². The van der Waals surface area contributed by atoms with Gasteiger partial charge in [0.2, 0.25) is 0 Å². The molecule has 2 aromatic carbocycles. The molecular formula is C34H44Cl2Hf2-2. The van der Waals surface area contributed by atoms with Crippen LogP contribution in [0.5, 0.6) is 0 Å². The fourth-order valence-corrected chi connectivity index (χ4v) is 3.91. The van der Waals surface area contributed by atoms with Crippen LogP contribution in [0.2, 0.25) is 0 Å². The van der Waals surface area contributed by atoms with E-state index in [0.29, 0.717) is 0 Å². The normalized spacial score (nSPS) is 14.3. The summed E-state index contributed by atoms with van der Waals surface area (Å²) < 4.78 is 3.11. The van der Waals surface area contributed by atoms with E-state index >= 15 is 0 Å². The Morgan fingerprint density at radius 1 is 0.632 bits per heavy atom. The van der Waals surface area contributed by atoms with Crippen molar-refractivity contribution in [3.05, 3.63) is 107 Å². The molecule has 4 heteroatoms. The minimum absolute atomic E-state index is 0. The predicted octanol–water partition coefficient (Wildman–Crippen LogP) is 2.68. The number of hydrogen-bond acceptors (Lipinski definition) is 0. The molecule has 0 saturated heterocycles. The van der Waals surface area contributed by atoms with Crippen LogP contribution in [0.25, 0.3) is 0 Å². The first-order valence-corrected chi connectivity index (χ1v) is 16.9. The Morgan fingerprint density at radius 3 is 1.21 bits per heavy atom. The van der Waals surface area contributed by atoms with E-state index in [1.165, 1.54) is 99.2 Å². The largest absolute Gasteiger partial charge is 1.00 e. The zero-order valence-electron chi connectivity index (χ0n) is 23.8. The van der Waals surface area contributed by atoms with Gasteiger partial charge in [-0.2, -0.15) is 58.7 Å². The molecule has 38 heavy (non-hydrogen) atoms. The Morgan fingerprint density at radius 2 is 0.974 bits per heavy atom. The molecule has 0 heterocycles. The van der Waals surface area contributed by atoms with E-state index in [9.17, 15) is 0 Å². The molecule has 0 aromatic heterocycles. The molecule has 4 aliphatic rings. The van der Waals surface area contributed by atoms with Crippen LogP contribution in [0.1, 0.15) is 88.5 Å². The van der Waals surface area contributed by atoms with E-state index < -0.39 is 0 Å². The molecule has 0 bridgehead atoms. The van der Waals surface area contributed by atoms with Gasteiger partial charge in [-0.1, -0.05) is 51.4 Å². The zero-order valence-corrected chi connectivity index (χ0v) is 32.5. The minimum Gasteiger partial charge on any atom is -1.00 e. The summed E-state index contributed by atoms with van der Waals surface area (Å²) in [5, 5.41) is 0. The van der Waals surface area contributed by atoms with Crippen molar-refractivity contribution in [3.63, 3.8) is 0 Å². The summed E-state index contributed by atoms with van der Waals surface area (Å²) in [6.07, 6.45) is 30.9. The number of halogens is 2. The van der Waals surface area contributed by atoms with Crippen molar-refractivity contribution in [2.24, 2.45) is 0 Å². The van der Waals surface area contributed by atoms with Crippen molar-refractivity contribution in [1.82, 2.24) is 0 Å². The van der Waals surface area contributed by atoms with Gasteiger partial charge in [-0.25, -0.2) is 36.4 Å². The van der Waals surface area contributed by atoms with Crippen LogP contribution >= 0.6 is 0 Å². The summed E-state index contributed by atoms with van der Waals surface area (Å²) in [6.45, 7) is 8.58. The van der Waals surface area contributed by atoms with Gasteiger partial charge in [0.05, 0.1) is 0 Å². The Hall–Kier alpha value is -0.280. The summed E-state index contributed by atoms with van der Waals surface area (Å²) >= 11 is 2.53. The molecule has 0 nitrogen and oxygen atoms in total. The van der Waals surface area contributed by atoms with Crippen LogP contribution in [-0.2, 0) is 73.5 Å². The van der Waals surface area contributed by atoms with E-state index in [-0.39, 0.29) is 24.8 Å². The van der Waals surface area contributed by atoms with Crippen molar-refractivity contribution < 1.29 is 72.6 Å². The average molecular weight is 881 g/mol. The third-order valence-corrected chi connectivity index (χ3v) is 5.47. The maximum atomic E-state index is 2.99. The van der Waals surface area contributed by atoms with Crippen LogP contribution < -0.4 is 24.8 Å². The molecule has 0 spiro atoms. The summed E-state index contributed by atoms with van der Waals surface area (Å²) in [4.78, 5) is 0. The molecule has 0 amide bonds. The summed E-state index contributed by atoms with van der Waals surface area (Å²) in [6, 6.07) is 13.4. The first-order chi connectivity index (χ1) is 17.4. The van der Waals surface area contributed by atoms with Crippen LogP contribution in [-0.4, -0.2) is 6.51 Å². The average Bonchev–Trinajstić information content (AvgIpc) is 3.68. The van der Waals surface area contributed by atoms with Gasteiger partial charge in [-0.05, 0) is 0 Å². The Bertz CT molecular complexity index is 837.